The first-order chi connectivity index (χ1) is 13.5. The number of amides is 3. The fraction of sp³-hybridized carbons (Fsp3) is 0.0952. The van der Waals surface area contributed by atoms with Crippen molar-refractivity contribution in [2.24, 2.45) is 5.73 Å². The van der Waals surface area contributed by atoms with Crippen LogP contribution in [0, 0.1) is 0 Å². The average Bonchev–Trinajstić information content (AvgIpc) is 3.24. The average molecular weight is 393 g/mol. The largest absolute Gasteiger partial charge is 0.368 e. The number of hydrogen-bond acceptors (Lipinski definition) is 4. The van der Waals surface area contributed by atoms with Crippen LogP contribution in [0.25, 0.3) is 0 Å². The number of hydrogen-bond donors (Lipinski definition) is 3. The van der Waals surface area contributed by atoms with Crippen LogP contribution >= 0.6 is 11.3 Å². The number of rotatable bonds is 7. The van der Waals surface area contributed by atoms with E-state index in [1.807, 2.05) is 35.7 Å². The van der Waals surface area contributed by atoms with Gasteiger partial charge < -0.3 is 16.4 Å². The molecule has 0 aliphatic carbocycles. The van der Waals surface area contributed by atoms with E-state index in [0.29, 0.717) is 22.5 Å². The summed E-state index contributed by atoms with van der Waals surface area (Å²) in [5.41, 5.74) is 7.28. The van der Waals surface area contributed by atoms with Crippen LogP contribution in [0.15, 0.2) is 72.1 Å². The maximum Gasteiger partial charge on any atom is 0.265 e. The molecule has 3 amide bonds. The molecular formula is C21H19N3O3S. The molecule has 7 heteroatoms. The second-order valence-corrected chi connectivity index (χ2v) is 7.07. The van der Waals surface area contributed by atoms with Crippen molar-refractivity contribution in [1.29, 1.82) is 0 Å². The van der Waals surface area contributed by atoms with Gasteiger partial charge in [-0.1, -0.05) is 36.4 Å². The number of nitrogens with two attached hydrogens (primary N) is 1. The van der Waals surface area contributed by atoms with Crippen molar-refractivity contribution in [2.45, 2.75) is 12.5 Å². The maximum atomic E-state index is 12.5. The van der Waals surface area contributed by atoms with Crippen LogP contribution in [0.5, 0.6) is 0 Å². The number of primary amides is 1. The Balaban J connectivity index is 1.63. The lowest BCUT2D eigenvalue weighted by Crippen LogP contribution is -2.45. The lowest BCUT2D eigenvalue weighted by molar-refractivity contribution is -0.119. The molecule has 3 aromatic rings. The zero-order valence-corrected chi connectivity index (χ0v) is 15.7. The normalized spacial score (nSPS) is 11.4. The SMILES string of the molecule is NC(=O)[C@H](Cc1ccccc1)NC(=O)c1ccc(NC(=O)c2cccs2)cc1. The van der Waals surface area contributed by atoms with Crippen molar-refractivity contribution < 1.29 is 14.4 Å². The Labute approximate surface area is 166 Å². The van der Waals surface area contributed by atoms with Crippen LogP contribution in [0.2, 0.25) is 0 Å². The molecule has 142 valence electrons. The fourth-order valence-electron chi connectivity index (χ4n) is 2.62. The van der Waals surface area contributed by atoms with Gasteiger partial charge in [0.1, 0.15) is 6.04 Å². The van der Waals surface area contributed by atoms with E-state index in [-0.39, 0.29) is 5.91 Å². The van der Waals surface area contributed by atoms with Gasteiger partial charge in [-0.25, -0.2) is 0 Å². The zero-order chi connectivity index (χ0) is 19.9. The molecule has 3 rings (SSSR count). The Morgan fingerprint density at radius 2 is 1.61 bits per heavy atom. The number of thiophene rings is 1. The molecule has 2 aromatic carbocycles. The molecule has 28 heavy (non-hydrogen) atoms. The van der Waals surface area contributed by atoms with Crippen LogP contribution in [0.4, 0.5) is 5.69 Å². The molecular weight excluding hydrogens is 374 g/mol. The van der Waals surface area contributed by atoms with E-state index in [4.69, 9.17) is 5.73 Å². The summed E-state index contributed by atoms with van der Waals surface area (Å²) in [4.78, 5) is 36.8. The summed E-state index contributed by atoms with van der Waals surface area (Å²) in [6, 6.07) is 18.5. The van der Waals surface area contributed by atoms with E-state index in [1.54, 1.807) is 36.4 Å². The van der Waals surface area contributed by atoms with Crippen LogP contribution in [0.1, 0.15) is 25.6 Å². The van der Waals surface area contributed by atoms with Gasteiger partial charge in [-0.15, -0.1) is 11.3 Å². The first kappa shape index (κ1) is 19.3. The third-order valence-electron chi connectivity index (χ3n) is 4.08. The number of anilines is 1. The lowest BCUT2D eigenvalue weighted by atomic mass is 10.0. The van der Waals surface area contributed by atoms with Crippen LogP contribution in [0.3, 0.4) is 0 Å². The summed E-state index contributed by atoms with van der Waals surface area (Å²) in [6.45, 7) is 0. The van der Waals surface area contributed by atoms with Crippen LogP contribution in [-0.4, -0.2) is 23.8 Å². The standard InChI is InChI=1S/C21H19N3O3S/c22-19(25)17(13-14-5-2-1-3-6-14)24-20(26)15-8-10-16(11-9-15)23-21(27)18-7-4-12-28-18/h1-12,17H,13H2,(H2,22,25)(H,23,27)(H,24,26)/t17-/m0/s1. The van der Waals surface area contributed by atoms with Crippen LogP contribution in [-0.2, 0) is 11.2 Å². The van der Waals surface area contributed by atoms with Gasteiger partial charge in [-0.3, -0.25) is 14.4 Å². The van der Waals surface area contributed by atoms with Crippen molar-refractivity contribution in [2.75, 3.05) is 5.32 Å². The zero-order valence-electron chi connectivity index (χ0n) is 14.9. The topological polar surface area (TPSA) is 101 Å². The Bertz CT molecular complexity index is 954. The smallest absolute Gasteiger partial charge is 0.265 e. The highest BCUT2D eigenvalue weighted by atomic mass is 32.1. The monoisotopic (exact) mass is 393 g/mol. The summed E-state index contributed by atoms with van der Waals surface area (Å²) in [7, 11) is 0. The van der Waals surface area contributed by atoms with Gasteiger partial charge in [0.05, 0.1) is 4.88 Å². The van der Waals surface area contributed by atoms with E-state index in [9.17, 15) is 14.4 Å². The second-order valence-electron chi connectivity index (χ2n) is 6.13. The molecule has 0 unspecified atom stereocenters. The predicted octanol–water partition coefficient (Wildman–Crippen LogP) is 2.83. The predicted molar refractivity (Wildman–Crippen MR) is 109 cm³/mol. The minimum atomic E-state index is -0.812. The Hall–Kier alpha value is -3.45. The molecule has 1 atom stereocenters. The van der Waals surface area contributed by atoms with Crippen molar-refractivity contribution in [1.82, 2.24) is 5.32 Å². The van der Waals surface area contributed by atoms with Gasteiger partial charge in [0.2, 0.25) is 5.91 Å². The Kier molecular flexibility index (Phi) is 6.18. The Morgan fingerprint density at radius 1 is 0.893 bits per heavy atom. The van der Waals surface area contributed by atoms with Crippen molar-refractivity contribution in [3.8, 4) is 0 Å². The highest BCUT2D eigenvalue weighted by Gasteiger charge is 2.19. The van der Waals surface area contributed by atoms with Gasteiger partial charge in [0, 0.05) is 17.7 Å². The second kappa shape index (κ2) is 8.96. The molecule has 6 nitrogen and oxygen atoms in total. The highest BCUT2D eigenvalue weighted by molar-refractivity contribution is 7.12. The van der Waals surface area contributed by atoms with E-state index < -0.39 is 17.9 Å². The van der Waals surface area contributed by atoms with E-state index in [2.05, 4.69) is 10.6 Å². The van der Waals surface area contributed by atoms with E-state index >= 15 is 0 Å². The van der Waals surface area contributed by atoms with Crippen molar-refractivity contribution >= 4 is 34.7 Å². The lowest BCUT2D eigenvalue weighted by Gasteiger charge is -2.16. The third-order valence-corrected chi connectivity index (χ3v) is 4.95. The summed E-state index contributed by atoms with van der Waals surface area (Å²) < 4.78 is 0. The van der Waals surface area contributed by atoms with Crippen molar-refractivity contribution in [3.05, 3.63) is 88.1 Å². The molecule has 0 spiro atoms. The molecule has 1 heterocycles. The maximum absolute atomic E-state index is 12.5. The summed E-state index contributed by atoms with van der Waals surface area (Å²) in [6.07, 6.45) is 0.316. The first-order valence-corrected chi connectivity index (χ1v) is 9.50. The number of nitrogens with one attached hydrogen (secondary N) is 2. The van der Waals surface area contributed by atoms with Crippen molar-refractivity contribution in [3.63, 3.8) is 0 Å². The quantitative estimate of drug-likeness (QED) is 0.575. The minimum Gasteiger partial charge on any atom is -0.368 e. The number of benzene rings is 2. The molecule has 0 bridgehead atoms. The summed E-state index contributed by atoms with van der Waals surface area (Å²) >= 11 is 1.35. The molecule has 1 aromatic heterocycles. The van der Waals surface area contributed by atoms with Gasteiger partial charge in [-0.2, -0.15) is 0 Å². The highest BCUT2D eigenvalue weighted by Crippen LogP contribution is 2.14. The summed E-state index contributed by atoms with van der Waals surface area (Å²) in [5.74, 6) is -1.21. The molecule has 0 radical (unpaired) electrons. The Morgan fingerprint density at radius 3 is 2.21 bits per heavy atom. The van der Waals surface area contributed by atoms with Gasteiger partial charge in [0.15, 0.2) is 0 Å². The fourth-order valence-corrected chi connectivity index (χ4v) is 3.24. The van der Waals surface area contributed by atoms with Gasteiger partial charge in [-0.05, 0) is 41.3 Å². The molecule has 0 aliphatic rings. The van der Waals surface area contributed by atoms with Gasteiger partial charge >= 0.3 is 0 Å². The third kappa shape index (κ3) is 5.05. The molecule has 4 N–H and O–H groups in total. The molecule has 0 saturated heterocycles. The number of carbonyl (C=O) groups excluding carboxylic acids is 3. The van der Waals surface area contributed by atoms with Gasteiger partial charge in [0.25, 0.3) is 11.8 Å². The van der Waals surface area contributed by atoms with Crippen LogP contribution < -0.4 is 16.4 Å². The molecule has 0 aliphatic heterocycles. The summed E-state index contributed by atoms with van der Waals surface area (Å²) in [5, 5.41) is 7.26. The molecule has 0 saturated carbocycles. The molecule has 0 fully saturated rings. The first-order valence-electron chi connectivity index (χ1n) is 8.62. The van der Waals surface area contributed by atoms with E-state index in [1.165, 1.54) is 11.3 Å². The number of carbonyl (C=O) groups is 3. The van der Waals surface area contributed by atoms with E-state index in [0.717, 1.165) is 5.56 Å². The minimum absolute atomic E-state index is 0.205.